The minimum absolute atomic E-state index is 0.0128. The van der Waals surface area contributed by atoms with Gasteiger partial charge in [-0.05, 0) is 31.0 Å². The lowest BCUT2D eigenvalue weighted by Crippen LogP contribution is -2.31. The molecule has 0 aromatic heterocycles. The zero-order valence-corrected chi connectivity index (χ0v) is 12.7. The molecule has 2 rings (SSSR count). The Kier molecular flexibility index (Phi) is 5.85. The molecule has 0 saturated carbocycles. The van der Waals surface area contributed by atoms with Gasteiger partial charge in [0.05, 0.1) is 11.5 Å². The molecule has 0 aliphatic carbocycles. The van der Waals surface area contributed by atoms with Crippen LogP contribution >= 0.6 is 0 Å². The van der Waals surface area contributed by atoms with Crippen molar-refractivity contribution in [3.05, 3.63) is 39.9 Å². The fourth-order valence-corrected chi connectivity index (χ4v) is 2.58. The average molecular weight is 307 g/mol. The van der Waals surface area contributed by atoms with Crippen LogP contribution in [0, 0.1) is 16.0 Å². The first kappa shape index (κ1) is 16.4. The second-order valence-corrected chi connectivity index (χ2v) is 5.46. The van der Waals surface area contributed by atoms with E-state index >= 15 is 0 Å². The highest BCUT2D eigenvalue weighted by Gasteiger charge is 2.22. The molecular formula is C15H21N3O4. The standard InChI is InChI=1S/C15H21N3O4/c1-22-9-8-17-7-6-12(11-17)10-16-15(19)13-2-4-14(5-3-13)18(20)21/h2-5,12H,6-11H2,1H3,(H,16,19)/t12-/m1/s1. The number of nitro benzene ring substituents is 1. The van der Waals surface area contributed by atoms with Crippen LogP contribution in [0.3, 0.4) is 0 Å². The highest BCUT2D eigenvalue weighted by atomic mass is 16.6. The van der Waals surface area contributed by atoms with Crippen LogP contribution < -0.4 is 5.32 Å². The molecule has 1 fully saturated rings. The molecule has 0 radical (unpaired) electrons. The molecule has 0 unspecified atom stereocenters. The molecule has 7 heteroatoms. The van der Waals surface area contributed by atoms with Crippen molar-refractivity contribution in [3.8, 4) is 0 Å². The average Bonchev–Trinajstić information content (AvgIpc) is 2.98. The summed E-state index contributed by atoms with van der Waals surface area (Å²) in [6.07, 6.45) is 1.06. The number of benzene rings is 1. The maximum Gasteiger partial charge on any atom is 0.269 e. The smallest absolute Gasteiger partial charge is 0.269 e. The normalized spacial score (nSPS) is 18.3. The minimum Gasteiger partial charge on any atom is -0.383 e. The van der Waals surface area contributed by atoms with Gasteiger partial charge in [0, 0.05) is 44.4 Å². The van der Waals surface area contributed by atoms with Crippen LogP contribution in [0.5, 0.6) is 0 Å². The summed E-state index contributed by atoms with van der Waals surface area (Å²) in [5.74, 6) is 0.254. The lowest BCUT2D eigenvalue weighted by atomic mass is 10.1. The van der Waals surface area contributed by atoms with E-state index in [1.807, 2.05) is 0 Å². The Morgan fingerprint density at radius 1 is 1.45 bits per heavy atom. The van der Waals surface area contributed by atoms with E-state index < -0.39 is 4.92 Å². The fraction of sp³-hybridized carbons (Fsp3) is 0.533. The van der Waals surface area contributed by atoms with Crippen molar-refractivity contribution in [2.24, 2.45) is 5.92 Å². The van der Waals surface area contributed by atoms with E-state index in [-0.39, 0.29) is 11.6 Å². The highest BCUT2D eigenvalue weighted by Crippen LogP contribution is 2.15. The van der Waals surface area contributed by atoms with Crippen LogP contribution in [0.4, 0.5) is 5.69 Å². The van der Waals surface area contributed by atoms with Gasteiger partial charge in [-0.2, -0.15) is 0 Å². The van der Waals surface area contributed by atoms with Crippen molar-refractivity contribution in [1.82, 2.24) is 10.2 Å². The van der Waals surface area contributed by atoms with Crippen molar-refractivity contribution in [3.63, 3.8) is 0 Å². The molecule has 0 spiro atoms. The van der Waals surface area contributed by atoms with E-state index in [4.69, 9.17) is 4.74 Å². The largest absolute Gasteiger partial charge is 0.383 e. The third kappa shape index (κ3) is 4.51. The SMILES string of the molecule is COCCN1CC[C@H](CNC(=O)c2ccc([N+](=O)[O-])cc2)C1. The third-order valence-electron chi connectivity index (χ3n) is 3.87. The van der Waals surface area contributed by atoms with E-state index in [9.17, 15) is 14.9 Å². The van der Waals surface area contributed by atoms with Crippen molar-refractivity contribution in [2.45, 2.75) is 6.42 Å². The van der Waals surface area contributed by atoms with Gasteiger partial charge < -0.3 is 15.0 Å². The molecule has 1 N–H and O–H groups in total. The highest BCUT2D eigenvalue weighted by molar-refractivity contribution is 5.94. The molecule has 22 heavy (non-hydrogen) atoms. The molecule has 1 aromatic rings. The summed E-state index contributed by atoms with van der Waals surface area (Å²) in [5, 5.41) is 13.5. The molecule has 1 amide bonds. The first-order chi connectivity index (χ1) is 10.6. The minimum atomic E-state index is -0.477. The van der Waals surface area contributed by atoms with Gasteiger partial charge in [-0.25, -0.2) is 0 Å². The van der Waals surface area contributed by atoms with E-state index in [0.717, 1.165) is 32.7 Å². The van der Waals surface area contributed by atoms with Crippen LogP contribution in [-0.2, 0) is 4.74 Å². The molecule has 120 valence electrons. The Labute approximate surface area is 129 Å². The lowest BCUT2D eigenvalue weighted by molar-refractivity contribution is -0.384. The number of nitro groups is 1. The predicted octanol–water partition coefficient (Wildman–Crippen LogP) is 1.29. The molecule has 1 aliphatic rings. The number of rotatable bonds is 7. The fourth-order valence-electron chi connectivity index (χ4n) is 2.58. The molecular weight excluding hydrogens is 286 g/mol. The number of methoxy groups -OCH3 is 1. The van der Waals surface area contributed by atoms with E-state index in [0.29, 0.717) is 18.0 Å². The number of likely N-dealkylation sites (tertiary alicyclic amines) is 1. The summed E-state index contributed by atoms with van der Waals surface area (Å²) in [6, 6.07) is 5.65. The number of carbonyl (C=O) groups is 1. The van der Waals surface area contributed by atoms with Crippen molar-refractivity contribution in [2.75, 3.05) is 39.9 Å². The monoisotopic (exact) mass is 307 g/mol. The quantitative estimate of drug-likeness (QED) is 0.606. The van der Waals surface area contributed by atoms with Gasteiger partial charge in [0.15, 0.2) is 0 Å². The molecule has 1 aliphatic heterocycles. The van der Waals surface area contributed by atoms with Gasteiger partial charge in [-0.3, -0.25) is 14.9 Å². The summed E-state index contributed by atoms with van der Waals surface area (Å²) >= 11 is 0. The maximum absolute atomic E-state index is 12.0. The van der Waals surface area contributed by atoms with Gasteiger partial charge in [0.25, 0.3) is 11.6 Å². The van der Waals surface area contributed by atoms with E-state index in [2.05, 4.69) is 10.2 Å². The zero-order valence-electron chi connectivity index (χ0n) is 12.7. The second-order valence-electron chi connectivity index (χ2n) is 5.46. The van der Waals surface area contributed by atoms with Gasteiger partial charge in [-0.15, -0.1) is 0 Å². The number of carbonyl (C=O) groups excluding carboxylic acids is 1. The number of nitrogens with zero attached hydrogens (tertiary/aromatic N) is 2. The number of amides is 1. The van der Waals surface area contributed by atoms with Gasteiger partial charge in [0.1, 0.15) is 0 Å². The summed E-state index contributed by atoms with van der Waals surface area (Å²) in [6.45, 7) is 4.26. The maximum atomic E-state index is 12.0. The molecule has 7 nitrogen and oxygen atoms in total. The van der Waals surface area contributed by atoms with E-state index in [1.165, 1.54) is 24.3 Å². The zero-order chi connectivity index (χ0) is 15.9. The second kappa shape index (κ2) is 7.86. The Morgan fingerprint density at radius 2 is 2.18 bits per heavy atom. The summed E-state index contributed by atoms with van der Waals surface area (Å²) in [4.78, 5) is 24.4. The number of hydrogen-bond acceptors (Lipinski definition) is 5. The van der Waals surface area contributed by atoms with Crippen LogP contribution in [0.15, 0.2) is 24.3 Å². The summed E-state index contributed by atoms with van der Waals surface area (Å²) < 4.78 is 5.06. The number of hydrogen-bond donors (Lipinski definition) is 1. The van der Waals surface area contributed by atoms with Crippen molar-refractivity contribution < 1.29 is 14.5 Å². The van der Waals surface area contributed by atoms with E-state index in [1.54, 1.807) is 7.11 Å². The molecule has 1 aromatic carbocycles. The topological polar surface area (TPSA) is 84.7 Å². The number of nitrogens with one attached hydrogen (secondary N) is 1. The van der Waals surface area contributed by atoms with Crippen LogP contribution in [0.2, 0.25) is 0 Å². The number of non-ortho nitro benzene ring substituents is 1. The Bertz CT molecular complexity index is 518. The lowest BCUT2D eigenvalue weighted by Gasteiger charge is -2.15. The Hall–Kier alpha value is -1.99. The van der Waals surface area contributed by atoms with Gasteiger partial charge in [-0.1, -0.05) is 0 Å². The first-order valence-electron chi connectivity index (χ1n) is 7.34. The molecule has 1 heterocycles. The summed E-state index contributed by atoms with van der Waals surface area (Å²) in [5.41, 5.74) is 0.431. The number of ether oxygens (including phenoxy) is 1. The summed E-state index contributed by atoms with van der Waals surface area (Å²) in [7, 11) is 1.69. The van der Waals surface area contributed by atoms with Crippen molar-refractivity contribution in [1.29, 1.82) is 0 Å². The van der Waals surface area contributed by atoms with Crippen molar-refractivity contribution >= 4 is 11.6 Å². The molecule has 1 atom stereocenters. The Morgan fingerprint density at radius 3 is 2.82 bits per heavy atom. The first-order valence-corrected chi connectivity index (χ1v) is 7.34. The third-order valence-corrected chi connectivity index (χ3v) is 3.87. The molecule has 1 saturated heterocycles. The Balaban J connectivity index is 1.77. The van der Waals surface area contributed by atoms with Crippen LogP contribution in [0.25, 0.3) is 0 Å². The predicted molar refractivity (Wildman–Crippen MR) is 81.9 cm³/mol. The van der Waals surface area contributed by atoms with Crippen LogP contribution in [0.1, 0.15) is 16.8 Å². The van der Waals surface area contributed by atoms with Gasteiger partial charge in [0.2, 0.25) is 0 Å². The van der Waals surface area contributed by atoms with Crippen LogP contribution in [-0.4, -0.2) is 55.6 Å². The molecule has 0 bridgehead atoms. The van der Waals surface area contributed by atoms with Gasteiger partial charge >= 0.3 is 0 Å².